The van der Waals surface area contributed by atoms with Gasteiger partial charge in [0, 0.05) is 19.2 Å². The van der Waals surface area contributed by atoms with E-state index >= 15 is 0 Å². The largest absolute Gasteiger partial charge is 0.460 e. The molecule has 5 heteroatoms. The zero-order chi connectivity index (χ0) is 21.6. The van der Waals surface area contributed by atoms with Gasteiger partial charge in [-0.15, -0.1) is 0 Å². The molecule has 1 aromatic rings. The lowest BCUT2D eigenvalue weighted by Gasteiger charge is -2.38. The number of ether oxygens (including phenoxy) is 1. The van der Waals surface area contributed by atoms with Gasteiger partial charge < -0.3 is 14.5 Å². The smallest absolute Gasteiger partial charge is 0.307 e. The van der Waals surface area contributed by atoms with E-state index in [1.807, 2.05) is 39.0 Å². The van der Waals surface area contributed by atoms with E-state index in [-0.39, 0.29) is 23.0 Å². The molecule has 0 fully saturated rings. The van der Waals surface area contributed by atoms with Crippen LogP contribution in [0.5, 0.6) is 0 Å². The van der Waals surface area contributed by atoms with Gasteiger partial charge in [-0.3, -0.25) is 4.79 Å². The van der Waals surface area contributed by atoms with Crippen molar-refractivity contribution in [2.75, 3.05) is 6.61 Å². The number of benzene rings is 1. The van der Waals surface area contributed by atoms with Gasteiger partial charge in [0.05, 0.1) is 6.42 Å². The van der Waals surface area contributed by atoms with Crippen LogP contribution < -0.4 is 5.32 Å². The van der Waals surface area contributed by atoms with Crippen molar-refractivity contribution in [3.8, 4) is 0 Å². The summed E-state index contributed by atoms with van der Waals surface area (Å²) in [4.78, 5) is 12.5. The maximum atomic E-state index is 12.5. The summed E-state index contributed by atoms with van der Waals surface area (Å²) in [6, 6.07) is 10.3. The first-order valence-corrected chi connectivity index (χ1v) is 13.3. The Balaban J connectivity index is 2.78. The average molecular weight is 408 g/mol. The third-order valence-electron chi connectivity index (χ3n) is 5.42. The highest BCUT2D eigenvalue weighted by atomic mass is 28.4. The van der Waals surface area contributed by atoms with Crippen LogP contribution >= 0.6 is 0 Å². The molecule has 0 unspecified atom stereocenters. The normalized spacial score (nSPS) is 15.2. The third-order valence-corrected chi connectivity index (χ3v) is 9.92. The van der Waals surface area contributed by atoms with Crippen LogP contribution in [0.15, 0.2) is 30.3 Å². The first kappa shape index (κ1) is 24.9. The van der Waals surface area contributed by atoms with E-state index in [1.54, 1.807) is 0 Å². The van der Waals surface area contributed by atoms with Gasteiger partial charge in [-0.05, 0) is 50.4 Å². The van der Waals surface area contributed by atoms with Crippen LogP contribution in [-0.4, -0.2) is 32.5 Å². The van der Waals surface area contributed by atoms with Crippen molar-refractivity contribution in [2.45, 2.75) is 91.2 Å². The maximum Gasteiger partial charge on any atom is 0.307 e. The van der Waals surface area contributed by atoms with E-state index in [0.29, 0.717) is 13.0 Å². The van der Waals surface area contributed by atoms with Crippen molar-refractivity contribution in [1.82, 2.24) is 5.32 Å². The van der Waals surface area contributed by atoms with Crippen LogP contribution in [0, 0.1) is 5.92 Å². The van der Waals surface area contributed by atoms with Crippen molar-refractivity contribution in [3.63, 3.8) is 0 Å². The number of rotatable bonds is 9. The van der Waals surface area contributed by atoms with Crippen molar-refractivity contribution in [1.29, 1.82) is 0 Å². The summed E-state index contributed by atoms with van der Waals surface area (Å²) in [6.45, 7) is 20.5. The molecule has 4 nitrogen and oxygen atoms in total. The fraction of sp³-hybridized carbons (Fsp3) is 0.696. The molecular formula is C23H41NO3Si. The summed E-state index contributed by atoms with van der Waals surface area (Å²) in [5.74, 6) is 0.0302. The second kappa shape index (κ2) is 10.0. The van der Waals surface area contributed by atoms with Crippen LogP contribution in [0.2, 0.25) is 18.1 Å². The number of carbonyl (C=O) groups excluding carboxylic acids is 1. The number of esters is 1. The lowest BCUT2D eigenvalue weighted by molar-refractivity contribution is -0.155. The van der Waals surface area contributed by atoms with Crippen molar-refractivity contribution < 1.29 is 14.0 Å². The van der Waals surface area contributed by atoms with Gasteiger partial charge in [-0.1, -0.05) is 58.0 Å². The summed E-state index contributed by atoms with van der Waals surface area (Å²) < 4.78 is 12.0. The lowest BCUT2D eigenvalue weighted by Crippen LogP contribution is -2.45. The van der Waals surface area contributed by atoms with Gasteiger partial charge in [0.15, 0.2) is 8.32 Å². The maximum absolute atomic E-state index is 12.5. The third kappa shape index (κ3) is 8.89. The number of nitrogens with one attached hydrogen (secondary N) is 1. The molecular weight excluding hydrogens is 366 g/mol. The second-order valence-corrected chi connectivity index (χ2v) is 15.1. The molecule has 0 aromatic heterocycles. The Morgan fingerprint density at radius 2 is 1.64 bits per heavy atom. The standard InChI is InChI=1S/C23H41NO3Si/c1-18(17-26-28(8,9)23(5,6)7)20(15-21(25)27-22(2,3)4)24-16-19-13-11-10-12-14-19/h10-14,18,20,24H,15-17H2,1-9H3/t18-,20+/m0/s1. The lowest BCUT2D eigenvalue weighted by atomic mass is 9.99. The Bertz CT molecular complexity index is 603. The van der Waals surface area contributed by atoms with Crippen molar-refractivity contribution in [3.05, 3.63) is 35.9 Å². The molecule has 1 rings (SSSR count). The predicted molar refractivity (Wildman–Crippen MR) is 120 cm³/mol. The van der Waals surface area contributed by atoms with Gasteiger partial charge in [-0.25, -0.2) is 0 Å². The van der Waals surface area contributed by atoms with Gasteiger partial charge in [0.25, 0.3) is 0 Å². The Labute approximate surface area is 173 Å². The van der Waals surface area contributed by atoms with Crippen molar-refractivity contribution >= 4 is 14.3 Å². The number of carbonyl (C=O) groups is 1. The fourth-order valence-electron chi connectivity index (χ4n) is 2.55. The molecule has 1 aromatic carbocycles. The van der Waals surface area contributed by atoms with Crippen LogP contribution in [0.1, 0.15) is 60.5 Å². The molecule has 0 bridgehead atoms. The molecule has 28 heavy (non-hydrogen) atoms. The molecule has 0 saturated heterocycles. The van der Waals surface area contributed by atoms with Crippen LogP contribution in [0.4, 0.5) is 0 Å². The zero-order valence-corrected chi connectivity index (χ0v) is 20.4. The summed E-state index contributed by atoms with van der Waals surface area (Å²) in [6.07, 6.45) is 0.339. The molecule has 0 aliphatic rings. The van der Waals surface area contributed by atoms with Crippen LogP contribution in [0.3, 0.4) is 0 Å². The summed E-state index contributed by atoms with van der Waals surface area (Å²) in [7, 11) is -1.82. The van der Waals surface area contributed by atoms with Gasteiger partial charge in [-0.2, -0.15) is 0 Å². The highest BCUT2D eigenvalue weighted by molar-refractivity contribution is 6.74. The molecule has 0 saturated carbocycles. The minimum absolute atomic E-state index is 0.000163. The highest BCUT2D eigenvalue weighted by Gasteiger charge is 2.38. The van der Waals surface area contributed by atoms with E-state index in [0.717, 1.165) is 6.54 Å². The zero-order valence-electron chi connectivity index (χ0n) is 19.4. The van der Waals surface area contributed by atoms with E-state index in [4.69, 9.17) is 9.16 Å². The van der Waals surface area contributed by atoms with E-state index in [9.17, 15) is 4.79 Å². The van der Waals surface area contributed by atoms with Gasteiger partial charge in [0.2, 0.25) is 0 Å². The molecule has 160 valence electrons. The van der Waals surface area contributed by atoms with Gasteiger partial charge in [0.1, 0.15) is 5.60 Å². The minimum Gasteiger partial charge on any atom is -0.460 e. The Morgan fingerprint density at radius 3 is 2.14 bits per heavy atom. The van der Waals surface area contributed by atoms with Crippen molar-refractivity contribution in [2.24, 2.45) is 5.92 Å². The van der Waals surface area contributed by atoms with E-state index in [2.05, 4.69) is 58.2 Å². The Kier molecular flexibility index (Phi) is 8.91. The quantitative estimate of drug-likeness (QED) is 0.431. The van der Waals surface area contributed by atoms with Gasteiger partial charge >= 0.3 is 5.97 Å². The topological polar surface area (TPSA) is 47.6 Å². The molecule has 0 amide bonds. The number of hydrogen-bond donors (Lipinski definition) is 1. The van der Waals surface area contributed by atoms with Crippen LogP contribution in [-0.2, 0) is 20.5 Å². The molecule has 0 aliphatic carbocycles. The molecule has 0 aliphatic heterocycles. The molecule has 2 atom stereocenters. The molecule has 0 radical (unpaired) electrons. The van der Waals surface area contributed by atoms with E-state index < -0.39 is 13.9 Å². The summed E-state index contributed by atoms with van der Waals surface area (Å²) in [5, 5.41) is 3.73. The monoisotopic (exact) mass is 407 g/mol. The molecule has 0 heterocycles. The summed E-state index contributed by atoms with van der Waals surface area (Å²) >= 11 is 0. The summed E-state index contributed by atoms with van der Waals surface area (Å²) in [5.41, 5.74) is 0.733. The predicted octanol–water partition coefficient (Wildman–Crippen LogP) is 5.53. The first-order chi connectivity index (χ1) is 12.7. The second-order valence-electron chi connectivity index (χ2n) is 10.3. The molecule has 1 N–H and O–H groups in total. The SMILES string of the molecule is C[C@@H](CO[Si](C)(C)C(C)(C)C)[C@@H](CC(=O)OC(C)(C)C)NCc1ccccc1. The Morgan fingerprint density at radius 1 is 1.07 bits per heavy atom. The average Bonchev–Trinajstić information content (AvgIpc) is 2.54. The van der Waals surface area contributed by atoms with Crippen LogP contribution in [0.25, 0.3) is 0 Å². The Hall–Kier alpha value is -1.17. The minimum atomic E-state index is -1.82. The molecule has 0 spiro atoms. The fourth-order valence-corrected chi connectivity index (χ4v) is 3.67. The first-order valence-electron chi connectivity index (χ1n) is 10.3. The highest BCUT2D eigenvalue weighted by Crippen LogP contribution is 2.37. The van der Waals surface area contributed by atoms with E-state index in [1.165, 1.54) is 5.56 Å². The number of hydrogen-bond acceptors (Lipinski definition) is 4.